The number of hydrogen-bond acceptors (Lipinski definition) is 3. The Kier molecular flexibility index (Phi) is 4.32. The molecule has 0 unspecified atom stereocenters. The van der Waals surface area contributed by atoms with E-state index in [0.29, 0.717) is 10.6 Å². The van der Waals surface area contributed by atoms with Crippen molar-refractivity contribution in [2.75, 3.05) is 5.75 Å². The smallest absolute Gasteiger partial charge is 0.205 e. The number of aromatic nitrogens is 2. The lowest BCUT2D eigenvalue weighted by atomic mass is 10.7. The van der Waals surface area contributed by atoms with E-state index in [1.807, 2.05) is 0 Å². The lowest BCUT2D eigenvalue weighted by Gasteiger charge is -2.02. The maximum atomic E-state index is 5.80. The van der Waals surface area contributed by atoms with Gasteiger partial charge in [-0.1, -0.05) is 29.3 Å². The first-order valence-corrected chi connectivity index (χ1v) is 5.39. The van der Waals surface area contributed by atoms with Crippen molar-refractivity contribution in [3.63, 3.8) is 0 Å². The van der Waals surface area contributed by atoms with Crippen molar-refractivity contribution in [1.29, 1.82) is 0 Å². The molecule has 0 bridgehead atoms. The Hall–Kier alpha value is 0.0400. The van der Waals surface area contributed by atoms with E-state index in [0.717, 1.165) is 0 Å². The quantitative estimate of drug-likeness (QED) is 0.356. The van der Waals surface area contributed by atoms with E-state index in [1.54, 1.807) is 6.08 Å². The normalized spacial score (nSPS) is 10.1. The molecule has 0 amide bonds. The van der Waals surface area contributed by atoms with E-state index in [4.69, 9.17) is 34.8 Å². The number of thioether (sulfide) groups is 1. The van der Waals surface area contributed by atoms with Crippen LogP contribution < -0.4 is 0 Å². The van der Waals surface area contributed by atoms with Crippen molar-refractivity contribution >= 4 is 46.6 Å². The highest BCUT2D eigenvalue weighted by atomic mass is 35.5. The number of nitrogens with zero attached hydrogens (tertiary/aromatic N) is 2. The Labute approximate surface area is 95.3 Å². The van der Waals surface area contributed by atoms with Gasteiger partial charge in [0.2, 0.25) is 5.28 Å². The Bertz CT molecular complexity index is 307. The van der Waals surface area contributed by atoms with Crippen molar-refractivity contribution in [3.05, 3.63) is 28.2 Å². The standard InChI is InChI=1S/C7H5Cl3N2S/c1-2-3-13-4-5(8)11-7(10)12-6(4)9/h2H,1,3H2. The summed E-state index contributed by atoms with van der Waals surface area (Å²) in [6, 6.07) is 0. The van der Waals surface area contributed by atoms with Gasteiger partial charge >= 0.3 is 0 Å². The Morgan fingerprint density at radius 2 is 1.77 bits per heavy atom. The van der Waals surface area contributed by atoms with Crippen LogP contribution in [0, 0.1) is 0 Å². The first-order chi connectivity index (χ1) is 6.15. The van der Waals surface area contributed by atoms with E-state index >= 15 is 0 Å². The average molecular weight is 256 g/mol. The molecule has 1 rings (SSSR count). The van der Waals surface area contributed by atoms with Crippen LogP contribution in [0.25, 0.3) is 0 Å². The molecule has 1 heterocycles. The molecule has 0 spiro atoms. The summed E-state index contributed by atoms with van der Waals surface area (Å²) in [7, 11) is 0. The summed E-state index contributed by atoms with van der Waals surface area (Å²) in [4.78, 5) is 8.17. The second kappa shape index (κ2) is 5.05. The molecule has 2 nitrogen and oxygen atoms in total. The molecule has 0 saturated carbocycles. The van der Waals surface area contributed by atoms with E-state index in [-0.39, 0.29) is 15.6 Å². The topological polar surface area (TPSA) is 25.8 Å². The van der Waals surface area contributed by atoms with Crippen LogP contribution in [0.15, 0.2) is 17.6 Å². The highest BCUT2D eigenvalue weighted by Crippen LogP contribution is 2.32. The van der Waals surface area contributed by atoms with Crippen molar-refractivity contribution in [2.24, 2.45) is 0 Å². The lowest BCUT2D eigenvalue weighted by molar-refractivity contribution is 1.10. The zero-order valence-electron chi connectivity index (χ0n) is 6.43. The third kappa shape index (κ3) is 3.02. The van der Waals surface area contributed by atoms with Crippen LogP contribution in [0.2, 0.25) is 15.6 Å². The van der Waals surface area contributed by atoms with Gasteiger partial charge in [0.15, 0.2) is 0 Å². The molecule has 1 aromatic rings. The molecular weight excluding hydrogens is 251 g/mol. The summed E-state index contributed by atoms with van der Waals surface area (Å²) in [5.41, 5.74) is 0. The third-order valence-electron chi connectivity index (χ3n) is 1.10. The minimum atomic E-state index is 0.0537. The summed E-state index contributed by atoms with van der Waals surface area (Å²) < 4.78 is 0. The summed E-state index contributed by atoms with van der Waals surface area (Å²) in [5.74, 6) is 0.699. The van der Waals surface area contributed by atoms with Crippen LogP contribution in [0.1, 0.15) is 0 Å². The van der Waals surface area contributed by atoms with Crippen molar-refractivity contribution in [1.82, 2.24) is 9.97 Å². The van der Waals surface area contributed by atoms with Gasteiger partial charge in [0, 0.05) is 5.75 Å². The molecule has 0 aliphatic rings. The zero-order valence-corrected chi connectivity index (χ0v) is 9.51. The van der Waals surface area contributed by atoms with E-state index in [9.17, 15) is 0 Å². The lowest BCUT2D eigenvalue weighted by Crippen LogP contribution is -1.89. The maximum Gasteiger partial charge on any atom is 0.225 e. The van der Waals surface area contributed by atoms with Crippen LogP contribution in [0.3, 0.4) is 0 Å². The largest absolute Gasteiger partial charge is 0.225 e. The molecule has 1 aromatic heterocycles. The number of rotatable bonds is 3. The summed E-state index contributed by atoms with van der Waals surface area (Å²) in [6.07, 6.45) is 1.74. The van der Waals surface area contributed by atoms with Gasteiger partial charge in [-0.25, -0.2) is 9.97 Å². The second-order valence-corrected chi connectivity index (χ2v) is 4.09. The van der Waals surface area contributed by atoms with Crippen LogP contribution in [0.5, 0.6) is 0 Å². The van der Waals surface area contributed by atoms with E-state index in [2.05, 4.69) is 16.5 Å². The highest BCUT2D eigenvalue weighted by Gasteiger charge is 2.10. The predicted octanol–water partition coefficient (Wildman–Crippen LogP) is 3.71. The van der Waals surface area contributed by atoms with Crippen molar-refractivity contribution in [2.45, 2.75) is 4.90 Å². The SMILES string of the molecule is C=CCSc1c(Cl)nc(Cl)nc1Cl. The van der Waals surface area contributed by atoms with Crippen LogP contribution in [-0.2, 0) is 0 Å². The first-order valence-electron chi connectivity index (χ1n) is 3.27. The molecule has 0 aliphatic heterocycles. The van der Waals surface area contributed by atoms with Gasteiger partial charge in [-0.05, 0) is 11.6 Å². The van der Waals surface area contributed by atoms with Crippen LogP contribution >= 0.6 is 46.6 Å². The summed E-state index contributed by atoms with van der Waals surface area (Å²) in [6.45, 7) is 3.58. The highest BCUT2D eigenvalue weighted by molar-refractivity contribution is 7.99. The maximum absolute atomic E-state index is 5.80. The molecule has 0 fully saturated rings. The molecule has 0 saturated heterocycles. The van der Waals surface area contributed by atoms with Crippen LogP contribution in [-0.4, -0.2) is 15.7 Å². The summed E-state index contributed by atoms with van der Waals surface area (Å²) in [5, 5.41) is 0.603. The number of halogens is 3. The molecule has 0 radical (unpaired) electrons. The van der Waals surface area contributed by atoms with E-state index in [1.165, 1.54) is 11.8 Å². The van der Waals surface area contributed by atoms with E-state index < -0.39 is 0 Å². The van der Waals surface area contributed by atoms with Gasteiger partial charge in [0.05, 0.1) is 4.90 Å². The number of hydrogen-bond donors (Lipinski definition) is 0. The molecule has 0 atom stereocenters. The van der Waals surface area contributed by atoms with Gasteiger partial charge in [0.25, 0.3) is 0 Å². The second-order valence-electron chi connectivity index (χ2n) is 2.00. The Morgan fingerprint density at radius 3 is 2.23 bits per heavy atom. The third-order valence-corrected chi connectivity index (χ3v) is 3.12. The fourth-order valence-electron chi connectivity index (χ4n) is 0.635. The molecule has 70 valence electrons. The fraction of sp³-hybridized carbons (Fsp3) is 0.143. The minimum absolute atomic E-state index is 0.0537. The molecule has 13 heavy (non-hydrogen) atoms. The predicted molar refractivity (Wildman–Crippen MR) is 58.0 cm³/mol. The van der Waals surface area contributed by atoms with Gasteiger partial charge < -0.3 is 0 Å². The van der Waals surface area contributed by atoms with Crippen molar-refractivity contribution in [3.8, 4) is 0 Å². The van der Waals surface area contributed by atoms with Gasteiger partial charge in [0.1, 0.15) is 10.3 Å². The van der Waals surface area contributed by atoms with Crippen molar-refractivity contribution < 1.29 is 0 Å². The zero-order chi connectivity index (χ0) is 9.84. The van der Waals surface area contributed by atoms with Crippen LogP contribution in [0.4, 0.5) is 0 Å². The van der Waals surface area contributed by atoms with Gasteiger partial charge in [-0.2, -0.15) is 0 Å². The summed E-state index contributed by atoms with van der Waals surface area (Å²) >= 11 is 18.5. The first kappa shape index (κ1) is 11.1. The Balaban J connectivity index is 2.98. The molecular formula is C7H5Cl3N2S. The minimum Gasteiger partial charge on any atom is -0.205 e. The fourth-order valence-corrected chi connectivity index (χ4v) is 2.22. The monoisotopic (exact) mass is 254 g/mol. The molecule has 0 aromatic carbocycles. The molecule has 0 aliphatic carbocycles. The van der Waals surface area contributed by atoms with Gasteiger partial charge in [-0.3, -0.25) is 0 Å². The average Bonchev–Trinajstić information content (AvgIpc) is 2.02. The van der Waals surface area contributed by atoms with Gasteiger partial charge in [-0.15, -0.1) is 18.3 Å². The molecule has 0 N–H and O–H groups in total. The molecule has 6 heteroatoms. The Morgan fingerprint density at radius 1 is 1.23 bits per heavy atom.